The van der Waals surface area contributed by atoms with Crippen molar-refractivity contribution in [3.63, 3.8) is 0 Å². The van der Waals surface area contributed by atoms with E-state index in [1.54, 1.807) is 11.8 Å². The summed E-state index contributed by atoms with van der Waals surface area (Å²) in [6.45, 7) is 0. The van der Waals surface area contributed by atoms with Crippen LogP contribution >= 0.6 is 11.8 Å². The highest BCUT2D eigenvalue weighted by Gasteiger charge is 2.29. The SMILES string of the molecule is Cn1c(SCc2ccccc2C#N)nnc1C1CC1. The molecule has 96 valence electrons. The fourth-order valence-corrected chi connectivity index (χ4v) is 2.97. The van der Waals surface area contributed by atoms with Gasteiger partial charge in [-0.05, 0) is 24.5 Å². The van der Waals surface area contributed by atoms with Crippen molar-refractivity contribution in [2.24, 2.45) is 7.05 Å². The molecule has 1 aliphatic carbocycles. The minimum absolute atomic E-state index is 0.609. The van der Waals surface area contributed by atoms with Gasteiger partial charge in [0.2, 0.25) is 0 Å². The summed E-state index contributed by atoms with van der Waals surface area (Å²) < 4.78 is 2.08. The summed E-state index contributed by atoms with van der Waals surface area (Å²) in [5, 5.41) is 18.5. The van der Waals surface area contributed by atoms with Gasteiger partial charge >= 0.3 is 0 Å². The molecule has 1 heterocycles. The average molecular weight is 270 g/mol. The van der Waals surface area contributed by atoms with Gasteiger partial charge in [-0.15, -0.1) is 10.2 Å². The van der Waals surface area contributed by atoms with Gasteiger partial charge in [-0.2, -0.15) is 5.26 Å². The van der Waals surface area contributed by atoms with Crippen LogP contribution in [-0.4, -0.2) is 14.8 Å². The first-order chi connectivity index (χ1) is 9.29. The van der Waals surface area contributed by atoms with Gasteiger partial charge in [-0.1, -0.05) is 30.0 Å². The third-order valence-corrected chi connectivity index (χ3v) is 4.37. The predicted octanol–water partition coefficient (Wildman–Crippen LogP) is 2.86. The average Bonchev–Trinajstić information content (AvgIpc) is 3.21. The Balaban J connectivity index is 1.74. The van der Waals surface area contributed by atoms with Gasteiger partial charge in [0, 0.05) is 18.7 Å². The second-order valence-corrected chi connectivity index (χ2v) is 5.67. The first kappa shape index (κ1) is 12.2. The normalized spacial score (nSPS) is 14.3. The summed E-state index contributed by atoms with van der Waals surface area (Å²) in [6.07, 6.45) is 2.46. The van der Waals surface area contributed by atoms with Gasteiger partial charge in [0.05, 0.1) is 11.6 Å². The van der Waals surface area contributed by atoms with E-state index in [1.807, 2.05) is 31.3 Å². The summed E-state index contributed by atoms with van der Waals surface area (Å²) in [4.78, 5) is 0. The fraction of sp³-hybridized carbons (Fsp3) is 0.357. The Morgan fingerprint density at radius 3 is 2.89 bits per heavy atom. The molecule has 0 saturated heterocycles. The topological polar surface area (TPSA) is 54.5 Å². The van der Waals surface area contributed by atoms with Gasteiger partial charge in [0.15, 0.2) is 5.16 Å². The summed E-state index contributed by atoms with van der Waals surface area (Å²) in [6, 6.07) is 9.91. The smallest absolute Gasteiger partial charge is 0.191 e. The molecule has 0 spiro atoms. The van der Waals surface area contributed by atoms with E-state index in [-0.39, 0.29) is 0 Å². The summed E-state index contributed by atoms with van der Waals surface area (Å²) in [7, 11) is 2.02. The van der Waals surface area contributed by atoms with Crippen LogP contribution in [0.4, 0.5) is 0 Å². The predicted molar refractivity (Wildman–Crippen MR) is 73.7 cm³/mol. The zero-order chi connectivity index (χ0) is 13.2. The Hall–Kier alpha value is -1.80. The molecule has 0 amide bonds. The van der Waals surface area contributed by atoms with Crippen LogP contribution in [-0.2, 0) is 12.8 Å². The van der Waals surface area contributed by atoms with Crippen molar-refractivity contribution < 1.29 is 0 Å². The minimum Gasteiger partial charge on any atom is -0.309 e. The number of hydrogen-bond donors (Lipinski definition) is 0. The van der Waals surface area contributed by atoms with Crippen LogP contribution in [0.2, 0.25) is 0 Å². The van der Waals surface area contributed by atoms with E-state index in [2.05, 4.69) is 20.8 Å². The van der Waals surface area contributed by atoms with Crippen LogP contribution in [0, 0.1) is 11.3 Å². The third-order valence-electron chi connectivity index (χ3n) is 3.31. The molecule has 1 aromatic heterocycles. The van der Waals surface area contributed by atoms with Crippen LogP contribution < -0.4 is 0 Å². The zero-order valence-electron chi connectivity index (χ0n) is 10.7. The molecule has 0 bridgehead atoms. The maximum absolute atomic E-state index is 9.06. The van der Waals surface area contributed by atoms with Gasteiger partial charge in [0.25, 0.3) is 0 Å². The molecule has 1 saturated carbocycles. The van der Waals surface area contributed by atoms with Crippen molar-refractivity contribution >= 4 is 11.8 Å². The van der Waals surface area contributed by atoms with Gasteiger partial charge < -0.3 is 4.57 Å². The second-order valence-electron chi connectivity index (χ2n) is 4.73. The molecule has 1 aliphatic rings. The Morgan fingerprint density at radius 1 is 1.37 bits per heavy atom. The van der Waals surface area contributed by atoms with E-state index in [0.29, 0.717) is 5.92 Å². The lowest BCUT2D eigenvalue weighted by Gasteiger charge is -2.04. The van der Waals surface area contributed by atoms with Crippen molar-refractivity contribution in [1.29, 1.82) is 5.26 Å². The van der Waals surface area contributed by atoms with Crippen LogP contribution in [0.3, 0.4) is 0 Å². The van der Waals surface area contributed by atoms with E-state index in [9.17, 15) is 0 Å². The summed E-state index contributed by atoms with van der Waals surface area (Å²) >= 11 is 1.63. The monoisotopic (exact) mass is 270 g/mol. The Morgan fingerprint density at radius 2 is 2.16 bits per heavy atom. The molecule has 0 unspecified atom stereocenters. The van der Waals surface area contributed by atoms with Gasteiger partial charge in [-0.25, -0.2) is 0 Å². The molecule has 0 atom stereocenters. The van der Waals surface area contributed by atoms with Crippen molar-refractivity contribution in [2.75, 3.05) is 0 Å². The molecule has 5 heteroatoms. The van der Waals surface area contributed by atoms with Crippen molar-refractivity contribution in [3.8, 4) is 6.07 Å². The van der Waals surface area contributed by atoms with Crippen LogP contribution in [0.1, 0.15) is 35.7 Å². The standard InChI is InChI=1S/C14H14N4S/c1-18-13(10-6-7-10)16-17-14(18)19-9-12-5-3-2-4-11(12)8-15/h2-5,10H,6-7,9H2,1H3. The molecule has 0 radical (unpaired) electrons. The first-order valence-corrected chi connectivity index (χ1v) is 7.28. The molecule has 2 aromatic rings. The van der Waals surface area contributed by atoms with E-state index < -0.39 is 0 Å². The van der Waals surface area contributed by atoms with Crippen LogP contribution in [0.25, 0.3) is 0 Å². The quantitative estimate of drug-likeness (QED) is 0.802. The van der Waals surface area contributed by atoms with Crippen LogP contribution in [0.5, 0.6) is 0 Å². The molecule has 19 heavy (non-hydrogen) atoms. The Bertz CT molecular complexity index is 637. The molecule has 0 aliphatic heterocycles. The highest BCUT2D eigenvalue weighted by molar-refractivity contribution is 7.98. The number of benzene rings is 1. The Kier molecular flexibility index (Phi) is 3.26. The fourth-order valence-electron chi connectivity index (χ4n) is 2.05. The number of nitriles is 1. The highest BCUT2D eigenvalue weighted by atomic mass is 32.2. The van der Waals surface area contributed by atoms with E-state index in [4.69, 9.17) is 5.26 Å². The van der Waals surface area contributed by atoms with Crippen LogP contribution in [0.15, 0.2) is 29.4 Å². The lowest BCUT2D eigenvalue weighted by atomic mass is 10.1. The van der Waals surface area contributed by atoms with E-state index >= 15 is 0 Å². The number of nitrogens with zero attached hydrogens (tertiary/aromatic N) is 4. The minimum atomic E-state index is 0.609. The molecule has 4 nitrogen and oxygen atoms in total. The molecular formula is C14H14N4S. The number of aromatic nitrogens is 3. The van der Waals surface area contributed by atoms with Crippen molar-refractivity contribution in [2.45, 2.75) is 29.7 Å². The van der Waals surface area contributed by atoms with Crippen molar-refractivity contribution in [1.82, 2.24) is 14.8 Å². The lowest BCUT2D eigenvalue weighted by Crippen LogP contribution is -1.97. The zero-order valence-corrected chi connectivity index (χ0v) is 11.5. The number of rotatable bonds is 4. The highest BCUT2D eigenvalue weighted by Crippen LogP contribution is 2.39. The molecule has 3 rings (SSSR count). The van der Waals surface area contributed by atoms with Crippen molar-refractivity contribution in [3.05, 3.63) is 41.2 Å². The first-order valence-electron chi connectivity index (χ1n) is 6.29. The van der Waals surface area contributed by atoms with E-state index in [0.717, 1.165) is 27.9 Å². The molecule has 1 aromatic carbocycles. The largest absolute Gasteiger partial charge is 0.309 e. The second kappa shape index (κ2) is 5.06. The Labute approximate surface area is 116 Å². The molecular weight excluding hydrogens is 256 g/mol. The number of hydrogen-bond acceptors (Lipinski definition) is 4. The van der Waals surface area contributed by atoms with Gasteiger partial charge in [0.1, 0.15) is 5.82 Å². The maximum atomic E-state index is 9.06. The number of thioether (sulfide) groups is 1. The lowest BCUT2D eigenvalue weighted by molar-refractivity contribution is 0.736. The molecule has 0 N–H and O–H groups in total. The van der Waals surface area contributed by atoms with Gasteiger partial charge in [-0.3, -0.25) is 0 Å². The summed E-state index contributed by atoms with van der Waals surface area (Å²) in [5.41, 5.74) is 1.78. The van der Waals surface area contributed by atoms with E-state index in [1.165, 1.54) is 12.8 Å². The maximum Gasteiger partial charge on any atom is 0.191 e. The molecule has 1 fully saturated rings. The summed E-state index contributed by atoms with van der Waals surface area (Å²) in [5.74, 6) is 2.45. The third kappa shape index (κ3) is 2.49.